The first-order valence-corrected chi connectivity index (χ1v) is 6.89. The number of carbonyl (C=O) groups excluding carboxylic acids is 1. The highest BCUT2D eigenvalue weighted by atomic mass is 35.5. The van der Waals surface area contributed by atoms with Gasteiger partial charge in [-0.05, 0) is 36.4 Å². The molecule has 0 aliphatic carbocycles. The van der Waals surface area contributed by atoms with E-state index in [0.29, 0.717) is 32.2 Å². The molecular formula is C15H6Cl2N2O2. The summed E-state index contributed by atoms with van der Waals surface area (Å²) < 4.78 is 1.31. The monoisotopic (exact) mass is 316 g/mol. The molecule has 1 aliphatic rings. The quantitative estimate of drug-likeness (QED) is 0.500. The Hall–Kier alpha value is -2.17. The van der Waals surface area contributed by atoms with Crippen LogP contribution in [0.5, 0.6) is 0 Å². The highest BCUT2D eigenvalue weighted by Gasteiger charge is 2.30. The van der Waals surface area contributed by atoms with Gasteiger partial charge in [0.05, 0.1) is 22.2 Å². The van der Waals surface area contributed by atoms with E-state index in [-0.39, 0.29) is 17.2 Å². The summed E-state index contributed by atoms with van der Waals surface area (Å²) in [6, 6.07) is 9.64. The van der Waals surface area contributed by atoms with Crippen molar-refractivity contribution in [3.05, 3.63) is 68.2 Å². The van der Waals surface area contributed by atoms with Crippen molar-refractivity contribution in [3.8, 4) is 5.69 Å². The van der Waals surface area contributed by atoms with Crippen LogP contribution in [0, 0.1) is 0 Å². The molecule has 2 heterocycles. The minimum absolute atomic E-state index is 0.104. The van der Waals surface area contributed by atoms with Gasteiger partial charge in [-0.1, -0.05) is 23.2 Å². The fourth-order valence-corrected chi connectivity index (χ4v) is 2.88. The molecular weight excluding hydrogens is 311 g/mol. The van der Waals surface area contributed by atoms with E-state index in [1.807, 2.05) is 0 Å². The van der Waals surface area contributed by atoms with Gasteiger partial charge in [-0.25, -0.2) is 4.98 Å². The predicted molar refractivity (Wildman–Crippen MR) is 80.8 cm³/mol. The van der Waals surface area contributed by atoms with Crippen LogP contribution in [0.2, 0.25) is 10.0 Å². The third-order valence-corrected chi connectivity index (χ3v) is 3.95. The lowest BCUT2D eigenvalue weighted by atomic mass is 10.1. The van der Waals surface area contributed by atoms with Crippen molar-refractivity contribution in [2.45, 2.75) is 0 Å². The second kappa shape index (κ2) is 4.16. The van der Waals surface area contributed by atoms with Crippen LogP contribution >= 0.6 is 23.2 Å². The smallest absolute Gasteiger partial charge is 0.266 e. The normalized spacial score (nSPS) is 12.6. The number of hydrogen-bond acceptors (Lipinski definition) is 3. The molecule has 1 aliphatic heterocycles. The Bertz CT molecular complexity index is 1010. The summed E-state index contributed by atoms with van der Waals surface area (Å²) in [5.41, 5.74) is 1.02. The predicted octanol–water partition coefficient (Wildman–Crippen LogP) is 3.24. The lowest BCUT2D eigenvalue weighted by Crippen LogP contribution is -2.21. The standard InChI is InChI=1S/C15H6Cl2N2O2/c16-7-1-3-11-9(5-7)15(21)19-12-4-2-8(17)6-10(12)13(20)14(19)18-11/h1-6H. The van der Waals surface area contributed by atoms with Gasteiger partial charge in [-0.15, -0.1) is 0 Å². The zero-order valence-electron chi connectivity index (χ0n) is 10.4. The van der Waals surface area contributed by atoms with Crippen molar-refractivity contribution < 1.29 is 4.79 Å². The Labute approximate surface area is 128 Å². The van der Waals surface area contributed by atoms with Gasteiger partial charge < -0.3 is 0 Å². The minimum atomic E-state index is -0.313. The highest BCUT2D eigenvalue weighted by molar-refractivity contribution is 6.32. The van der Waals surface area contributed by atoms with Crippen molar-refractivity contribution in [2.24, 2.45) is 0 Å². The van der Waals surface area contributed by atoms with Gasteiger partial charge in [0.25, 0.3) is 5.56 Å². The maximum absolute atomic E-state index is 12.6. The van der Waals surface area contributed by atoms with Crippen LogP contribution in [0.4, 0.5) is 0 Å². The SMILES string of the molecule is O=C1c2cc(Cl)ccc2-n2c1nc1ccc(Cl)cc1c2=O. The van der Waals surface area contributed by atoms with Gasteiger partial charge in [0.2, 0.25) is 5.78 Å². The van der Waals surface area contributed by atoms with E-state index in [2.05, 4.69) is 4.98 Å². The maximum atomic E-state index is 12.6. The maximum Gasteiger partial charge on any atom is 0.266 e. The topological polar surface area (TPSA) is 52.0 Å². The molecule has 0 amide bonds. The van der Waals surface area contributed by atoms with Crippen LogP contribution in [0.3, 0.4) is 0 Å². The van der Waals surface area contributed by atoms with E-state index < -0.39 is 0 Å². The molecule has 0 radical (unpaired) electrons. The Kier molecular flexibility index (Phi) is 2.49. The lowest BCUT2D eigenvalue weighted by molar-refractivity contribution is 0.103. The number of rotatable bonds is 0. The number of aromatic nitrogens is 2. The fraction of sp³-hybridized carbons (Fsp3) is 0. The van der Waals surface area contributed by atoms with Gasteiger partial charge in [0.15, 0.2) is 5.82 Å². The third kappa shape index (κ3) is 1.66. The second-order valence-electron chi connectivity index (χ2n) is 4.73. The van der Waals surface area contributed by atoms with Crippen LogP contribution in [0.1, 0.15) is 16.2 Å². The van der Waals surface area contributed by atoms with E-state index in [9.17, 15) is 9.59 Å². The zero-order chi connectivity index (χ0) is 14.7. The van der Waals surface area contributed by atoms with Crippen LogP contribution in [0.25, 0.3) is 16.6 Å². The molecule has 2 aromatic carbocycles. The van der Waals surface area contributed by atoms with E-state index >= 15 is 0 Å². The zero-order valence-corrected chi connectivity index (χ0v) is 11.9. The number of hydrogen-bond donors (Lipinski definition) is 0. The molecule has 0 saturated heterocycles. The van der Waals surface area contributed by atoms with Gasteiger partial charge in [0.1, 0.15) is 0 Å². The Morgan fingerprint density at radius 1 is 0.952 bits per heavy atom. The Morgan fingerprint density at radius 2 is 1.67 bits per heavy atom. The average molecular weight is 317 g/mol. The van der Waals surface area contributed by atoms with Crippen LogP contribution in [0.15, 0.2) is 41.2 Å². The number of benzene rings is 2. The van der Waals surface area contributed by atoms with E-state index in [1.165, 1.54) is 4.57 Å². The Balaban J connectivity index is 2.18. The molecule has 0 saturated carbocycles. The molecule has 21 heavy (non-hydrogen) atoms. The molecule has 4 nitrogen and oxygen atoms in total. The first-order valence-electron chi connectivity index (χ1n) is 6.13. The highest BCUT2D eigenvalue weighted by Crippen LogP contribution is 2.28. The number of ketones is 1. The summed E-state index contributed by atoms with van der Waals surface area (Å²) in [7, 11) is 0. The molecule has 1 aromatic heterocycles. The van der Waals surface area contributed by atoms with Crippen molar-refractivity contribution in [3.63, 3.8) is 0 Å². The van der Waals surface area contributed by atoms with Gasteiger partial charge in [0, 0.05) is 10.0 Å². The first-order chi connectivity index (χ1) is 10.1. The second-order valence-corrected chi connectivity index (χ2v) is 5.60. The molecule has 0 fully saturated rings. The molecule has 6 heteroatoms. The summed E-state index contributed by atoms with van der Waals surface area (Å²) >= 11 is 11.9. The van der Waals surface area contributed by atoms with Crippen LogP contribution < -0.4 is 5.56 Å². The molecule has 0 N–H and O–H groups in total. The molecule has 4 rings (SSSR count). The molecule has 0 unspecified atom stereocenters. The molecule has 102 valence electrons. The number of nitrogens with zero attached hydrogens (tertiary/aromatic N) is 2. The number of fused-ring (bicyclic) bond motifs is 4. The van der Waals surface area contributed by atoms with Crippen molar-refractivity contribution >= 4 is 39.9 Å². The van der Waals surface area contributed by atoms with Crippen molar-refractivity contribution in [1.29, 1.82) is 0 Å². The van der Waals surface area contributed by atoms with E-state index in [0.717, 1.165) is 0 Å². The number of carbonyl (C=O) groups is 1. The van der Waals surface area contributed by atoms with Crippen LogP contribution in [-0.4, -0.2) is 15.3 Å². The molecule has 3 aromatic rings. The van der Waals surface area contributed by atoms with Crippen molar-refractivity contribution in [1.82, 2.24) is 9.55 Å². The molecule has 0 atom stereocenters. The van der Waals surface area contributed by atoms with E-state index in [1.54, 1.807) is 36.4 Å². The minimum Gasteiger partial charge on any atom is -0.285 e. The summed E-state index contributed by atoms with van der Waals surface area (Å²) in [4.78, 5) is 29.3. The van der Waals surface area contributed by atoms with Gasteiger partial charge >= 0.3 is 0 Å². The van der Waals surface area contributed by atoms with Crippen LogP contribution in [-0.2, 0) is 0 Å². The third-order valence-electron chi connectivity index (χ3n) is 3.48. The summed E-state index contributed by atoms with van der Waals surface area (Å²) in [6.07, 6.45) is 0. The summed E-state index contributed by atoms with van der Waals surface area (Å²) in [6.45, 7) is 0. The van der Waals surface area contributed by atoms with Crippen molar-refractivity contribution in [2.75, 3.05) is 0 Å². The summed E-state index contributed by atoms with van der Waals surface area (Å²) in [5.74, 6) is -0.200. The van der Waals surface area contributed by atoms with E-state index in [4.69, 9.17) is 23.2 Å². The summed E-state index contributed by atoms with van der Waals surface area (Å²) in [5, 5.41) is 1.26. The molecule has 0 spiro atoms. The number of halogens is 2. The fourth-order valence-electron chi connectivity index (χ4n) is 2.54. The Morgan fingerprint density at radius 3 is 2.48 bits per heavy atom. The largest absolute Gasteiger partial charge is 0.285 e. The average Bonchev–Trinajstić information content (AvgIpc) is 2.73. The van der Waals surface area contributed by atoms with Gasteiger partial charge in [-0.3, -0.25) is 14.2 Å². The van der Waals surface area contributed by atoms with Gasteiger partial charge in [-0.2, -0.15) is 0 Å². The molecule has 0 bridgehead atoms. The lowest BCUT2D eigenvalue weighted by Gasteiger charge is -2.05. The first kappa shape index (κ1) is 12.6.